The molecule has 1 aromatic heterocycles. The Balaban J connectivity index is 1.45. The highest BCUT2D eigenvalue weighted by Gasteiger charge is 2.32. The number of morpholine rings is 1. The number of hydrogen-bond acceptors (Lipinski definition) is 8. The molecule has 0 radical (unpaired) electrons. The van der Waals surface area contributed by atoms with Crippen molar-refractivity contribution in [2.24, 2.45) is 0 Å². The van der Waals surface area contributed by atoms with Crippen LogP contribution in [0.1, 0.15) is 23.2 Å². The van der Waals surface area contributed by atoms with Crippen LogP contribution < -0.4 is 25.6 Å². The highest BCUT2D eigenvalue weighted by molar-refractivity contribution is 5.99. The molecular formula is C24H29F3N6O4. The molecule has 10 nitrogen and oxygen atoms in total. The minimum Gasteiger partial charge on any atom is -0.406 e. The quantitative estimate of drug-likeness (QED) is 0.422. The van der Waals surface area contributed by atoms with Gasteiger partial charge in [0, 0.05) is 51.0 Å². The van der Waals surface area contributed by atoms with E-state index in [1.807, 2.05) is 6.07 Å². The second-order valence-corrected chi connectivity index (χ2v) is 8.74. The zero-order valence-electron chi connectivity index (χ0n) is 20.3. The fraction of sp³-hybridized carbons (Fsp3) is 0.458. The number of pyridine rings is 1. The predicted octanol–water partition coefficient (Wildman–Crippen LogP) is 2.71. The van der Waals surface area contributed by atoms with E-state index in [2.05, 4.69) is 19.9 Å². The monoisotopic (exact) mass is 522 g/mol. The maximum atomic E-state index is 13.0. The van der Waals surface area contributed by atoms with Crippen LogP contribution >= 0.6 is 0 Å². The Hall–Kier alpha value is -3.74. The number of piperidine rings is 1. The van der Waals surface area contributed by atoms with Gasteiger partial charge in [-0.3, -0.25) is 9.59 Å². The normalized spacial score (nSPS) is 16.9. The van der Waals surface area contributed by atoms with E-state index in [-0.39, 0.29) is 23.2 Å². The molecule has 2 amide bonds. The summed E-state index contributed by atoms with van der Waals surface area (Å²) in [5.41, 5.74) is 7.39. The lowest BCUT2D eigenvalue weighted by molar-refractivity contribution is -0.274. The number of rotatable bonds is 7. The number of hydrogen-bond donors (Lipinski definition) is 2. The number of carbonyl (C=O) groups is 2. The number of alkyl halides is 3. The standard InChI is InChI=1S/C24H29F3N6O4/c1-29-22-21(12-17(14-30-22)31-8-10-36-11-9-31)33(15-34)16-4-6-32(7-5-16)23(35)19-3-2-18(13-20(19)28)37-24(25,26)27/h2-3,12-16H,4-11,28H2,1H3,(H,29,30). The van der Waals surface area contributed by atoms with Crippen LogP contribution in [0.4, 0.5) is 36.1 Å². The van der Waals surface area contributed by atoms with Crippen molar-refractivity contribution in [3.05, 3.63) is 36.0 Å². The van der Waals surface area contributed by atoms with Gasteiger partial charge in [0.2, 0.25) is 6.41 Å². The molecule has 0 spiro atoms. The number of carbonyl (C=O) groups excluding carboxylic acids is 2. The number of likely N-dealkylation sites (tertiary alicyclic amines) is 1. The lowest BCUT2D eigenvalue weighted by atomic mass is 10.0. The Kier molecular flexibility index (Phi) is 7.91. The molecule has 0 unspecified atom stereocenters. The maximum Gasteiger partial charge on any atom is 0.573 e. The van der Waals surface area contributed by atoms with Crippen LogP contribution in [0.15, 0.2) is 30.5 Å². The summed E-state index contributed by atoms with van der Waals surface area (Å²) >= 11 is 0. The molecule has 2 aliphatic heterocycles. The van der Waals surface area contributed by atoms with Crippen LogP contribution in [0.25, 0.3) is 0 Å². The number of nitrogen functional groups attached to an aromatic ring is 1. The zero-order valence-corrected chi connectivity index (χ0v) is 20.3. The van der Waals surface area contributed by atoms with Gasteiger partial charge < -0.3 is 35.2 Å². The topological polar surface area (TPSA) is 113 Å². The molecular weight excluding hydrogens is 493 g/mol. The Labute approximate surface area is 212 Å². The minimum atomic E-state index is -4.85. The second-order valence-electron chi connectivity index (χ2n) is 8.74. The molecule has 37 heavy (non-hydrogen) atoms. The molecule has 0 bridgehead atoms. The van der Waals surface area contributed by atoms with E-state index in [0.29, 0.717) is 50.7 Å². The van der Waals surface area contributed by atoms with Gasteiger partial charge in [0.25, 0.3) is 5.91 Å². The van der Waals surface area contributed by atoms with E-state index in [9.17, 15) is 22.8 Å². The Morgan fingerprint density at radius 1 is 1.22 bits per heavy atom. The van der Waals surface area contributed by atoms with Crippen molar-refractivity contribution in [2.45, 2.75) is 25.2 Å². The minimum absolute atomic E-state index is 0.0973. The van der Waals surface area contributed by atoms with Crippen LogP contribution in [0, 0.1) is 0 Å². The van der Waals surface area contributed by atoms with Gasteiger partial charge in [-0.25, -0.2) is 4.98 Å². The molecule has 200 valence electrons. The largest absolute Gasteiger partial charge is 0.573 e. The fourth-order valence-electron chi connectivity index (χ4n) is 4.62. The first-order valence-electron chi connectivity index (χ1n) is 11.9. The molecule has 0 aliphatic carbocycles. The van der Waals surface area contributed by atoms with Gasteiger partial charge in [0.15, 0.2) is 0 Å². The highest BCUT2D eigenvalue weighted by Crippen LogP contribution is 2.33. The van der Waals surface area contributed by atoms with Crippen LogP contribution in [-0.4, -0.2) is 81.0 Å². The molecule has 13 heteroatoms. The number of nitrogens with one attached hydrogen (secondary N) is 1. The molecule has 4 rings (SSSR count). The van der Waals surface area contributed by atoms with E-state index in [0.717, 1.165) is 37.3 Å². The van der Waals surface area contributed by atoms with Gasteiger partial charge >= 0.3 is 6.36 Å². The highest BCUT2D eigenvalue weighted by atomic mass is 19.4. The van der Waals surface area contributed by atoms with E-state index >= 15 is 0 Å². The number of benzene rings is 1. The van der Waals surface area contributed by atoms with Crippen LogP contribution in [0.2, 0.25) is 0 Å². The van der Waals surface area contributed by atoms with Gasteiger partial charge in [0.1, 0.15) is 11.6 Å². The van der Waals surface area contributed by atoms with E-state index < -0.39 is 12.1 Å². The van der Waals surface area contributed by atoms with Crippen LogP contribution in [0.3, 0.4) is 0 Å². The smallest absolute Gasteiger partial charge is 0.406 e. The Morgan fingerprint density at radius 3 is 2.51 bits per heavy atom. The van der Waals surface area contributed by atoms with E-state index in [1.54, 1.807) is 23.0 Å². The fourth-order valence-corrected chi connectivity index (χ4v) is 4.62. The molecule has 2 aromatic rings. The number of nitrogens with zero attached hydrogens (tertiary/aromatic N) is 4. The lowest BCUT2D eigenvalue weighted by Gasteiger charge is -2.38. The van der Waals surface area contributed by atoms with Crippen molar-refractivity contribution in [3.63, 3.8) is 0 Å². The summed E-state index contributed by atoms with van der Waals surface area (Å²) in [6.07, 6.45) is -1.30. The lowest BCUT2D eigenvalue weighted by Crippen LogP contribution is -2.47. The molecule has 2 aliphatic rings. The van der Waals surface area contributed by atoms with Gasteiger partial charge in [-0.2, -0.15) is 0 Å². The van der Waals surface area contributed by atoms with Crippen molar-refractivity contribution < 1.29 is 32.2 Å². The molecule has 0 saturated carbocycles. The number of halogens is 3. The molecule has 3 heterocycles. The molecule has 1 aromatic carbocycles. The first-order chi connectivity index (χ1) is 17.7. The van der Waals surface area contributed by atoms with E-state index in [4.69, 9.17) is 10.5 Å². The van der Waals surface area contributed by atoms with Crippen molar-refractivity contribution >= 4 is 35.2 Å². The third-order valence-electron chi connectivity index (χ3n) is 6.49. The number of anilines is 4. The third-order valence-corrected chi connectivity index (χ3v) is 6.49. The summed E-state index contributed by atoms with van der Waals surface area (Å²) in [6, 6.07) is 5.03. The van der Waals surface area contributed by atoms with Crippen molar-refractivity contribution in [1.82, 2.24) is 9.88 Å². The summed E-state index contributed by atoms with van der Waals surface area (Å²) < 4.78 is 46.7. The average molecular weight is 523 g/mol. The van der Waals surface area contributed by atoms with Gasteiger partial charge in [0.05, 0.1) is 36.3 Å². The first kappa shape index (κ1) is 26.3. The third kappa shape index (κ3) is 6.16. The second kappa shape index (κ2) is 11.1. The molecule has 2 fully saturated rings. The summed E-state index contributed by atoms with van der Waals surface area (Å²) in [5.74, 6) is -0.314. The molecule has 0 atom stereocenters. The van der Waals surface area contributed by atoms with Crippen molar-refractivity contribution in [2.75, 3.05) is 67.3 Å². The summed E-state index contributed by atoms with van der Waals surface area (Å²) in [6.45, 7) is 3.40. The Morgan fingerprint density at radius 2 is 1.92 bits per heavy atom. The van der Waals surface area contributed by atoms with Crippen LogP contribution in [0.5, 0.6) is 5.75 Å². The SMILES string of the molecule is CNc1ncc(N2CCOCC2)cc1N(C=O)C1CCN(C(=O)c2ccc(OC(F)(F)F)cc2N)CC1. The number of ether oxygens (including phenoxy) is 2. The Bertz CT molecular complexity index is 1120. The van der Waals surface area contributed by atoms with Gasteiger partial charge in [-0.15, -0.1) is 13.2 Å². The average Bonchev–Trinajstić information content (AvgIpc) is 2.89. The van der Waals surface area contributed by atoms with E-state index in [1.165, 1.54) is 6.07 Å². The number of aromatic nitrogens is 1. The maximum absolute atomic E-state index is 13.0. The van der Waals surface area contributed by atoms with Gasteiger partial charge in [-0.05, 0) is 31.0 Å². The summed E-state index contributed by atoms with van der Waals surface area (Å²) in [7, 11) is 1.74. The van der Waals surface area contributed by atoms with Crippen LogP contribution in [-0.2, 0) is 9.53 Å². The predicted molar refractivity (Wildman–Crippen MR) is 132 cm³/mol. The zero-order chi connectivity index (χ0) is 26.6. The summed E-state index contributed by atoms with van der Waals surface area (Å²) in [4.78, 5) is 35.1. The van der Waals surface area contributed by atoms with Crippen molar-refractivity contribution in [1.29, 1.82) is 0 Å². The van der Waals surface area contributed by atoms with Gasteiger partial charge in [-0.1, -0.05) is 0 Å². The first-order valence-corrected chi connectivity index (χ1v) is 11.9. The molecule has 3 N–H and O–H groups in total. The number of nitrogens with two attached hydrogens (primary N) is 1. The summed E-state index contributed by atoms with van der Waals surface area (Å²) in [5, 5.41) is 3.04. The van der Waals surface area contributed by atoms with Crippen molar-refractivity contribution in [3.8, 4) is 5.75 Å². The molecule has 2 saturated heterocycles. The number of amides is 2.